The molecule has 0 unspecified atom stereocenters. The van der Waals surface area contributed by atoms with E-state index in [1.807, 2.05) is 19.1 Å². The summed E-state index contributed by atoms with van der Waals surface area (Å²) in [6.07, 6.45) is 3.91. The van der Waals surface area contributed by atoms with Crippen LogP contribution in [0.5, 0.6) is 5.75 Å². The first kappa shape index (κ1) is 15.5. The molecule has 4 heteroatoms. The Morgan fingerprint density at radius 3 is 2.80 bits per heavy atom. The molecule has 1 aliphatic rings. The Labute approximate surface area is 129 Å². The predicted octanol–water partition coefficient (Wildman–Crippen LogP) is 3.38. The van der Waals surface area contributed by atoms with Crippen LogP contribution in [0.15, 0.2) is 29.3 Å². The molecule has 0 aromatic heterocycles. The van der Waals surface area contributed by atoms with Gasteiger partial charge in [-0.3, -0.25) is 4.90 Å². The van der Waals surface area contributed by atoms with Crippen LogP contribution in [0.2, 0.25) is 0 Å². The fourth-order valence-electron chi connectivity index (χ4n) is 2.82. The molecule has 3 nitrogen and oxygen atoms in total. The number of halogens is 1. The van der Waals surface area contributed by atoms with E-state index in [9.17, 15) is 5.11 Å². The minimum atomic E-state index is 0.256. The quantitative estimate of drug-likeness (QED) is 0.808. The SMILES string of the molecule is C=CCC[C@H](c1cc(Br)cc(C)c1O)N1CCNCC1. The van der Waals surface area contributed by atoms with E-state index in [2.05, 4.69) is 38.8 Å². The molecule has 0 aliphatic carbocycles. The molecular weight excluding hydrogens is 316 g/mol. The first-order chi connectivity index (χ1) is 9.63. The van der Waals surface area contributed by atoms with Crippen molar-refractivity contribution in [3.63, 3.8) is 0 Å². The van der Waals surface area contributed by atoms with Crippen molar-refractivity contribution in [2.24, 2.45) is 0 Å². The molecular formula is C16H23BrN2O. The average molecular weight is 339 g/mol. The minimum Gasteiger partial charge on any atom is -0.507 e. The maximum atomic E-state index is 10.4. The Balaban J connectivity index is 2.31. The van der Waals surface area contributed by atoms with Gasteiger partial charge in [-0.1, -0.05) is 22.0 Å². The number of nitrogens with zero attached hydrogens (tertiary/aromatic N) is 1. The second-order valence-electron chi connectivity index (χ2n) is 5.33. The fourth-order valence-corrected chi connectivity index (χ4v) is 3.41. The van der Waals surface area contributed by atoms with Crippen LogP contribution in [0.3, 0.4) is 0 Å². The summed E-state index contributed by atoms with van der Waals surface area (Å²) in [6, 6.07) is 4.27. The first-order valence-corrected chi connectivity index (χ1v) is 7.97. The number of allylic oxidation sites excluding steroid dienone is 1. The van der Waals surface area contributed by atoms with E-state index in [1.54, 1.807) is 0 Å². The number of hydrogen-bond acceptors (Lipinski definition) is 3. The molecule has 0 saturated carbocycles. The van der Waals surface area contributed by atoms with Crippen LogP contribution in [0.25, 0.3) is 0 Å². The van der Waals surface area contributed by atoms with E-state index in [1.165, 1.54) is 0 Å². The Hall–Kier alpha value is -0.840. The van der Waals surface area contributed by atoms with E-state index in [0.29, 0.717) is 5.75 Å². The molecule has 1 aromatic rings. The maximum absolute atomic E-state index is 10.4. The number of aromatic hydroxyl groups is 1. The van der Waals surface area contributed by atoms with Gasteiger partial charge in [0.05, 0.1) is 0 Å². The molecule has 0 amide bonds. The normalized spacial score (nSPS) is 17.9. The molecule has 0 bridgehead atoms. The number of aryl methyl sites for hydroxylation is 1. The number of hydrogen-bond donors (Lipinski definition) is 2. The van der Waals surface area contributed by atoms with Crippen molar-refractivity contribution in [3.05, 3.63) is 40.4 Å². The molecule has 0 spiro atoms. The lowest BCUT2D eigenvalue weighted by atomic mass is 9.96. The van der Waals surface area contributed by atoms with Gasteiger partial charge in [-0.2, -0.15) is 0 Å². The van der Waals surface area contributed by atoms with E-state index < -0.39 is 0 Å². The van der Waals surface area contributed by atoms with Gasteiger partial charge in [0.2, 0.25) is 0 Å². The number of rotatable bonds is 5. The fraction of sp³-hybridized carbons (Fsp3) is 0.500. The van der Waals surface area contributed by atoms with Gasteiger partial charge in [0.15, 0.2) is 0 Å². The van der Waals surface area contributed by atoms with Gasteiger partial charge in [-0.25, -0.2) is 0 Å². The van der Waals surface area contributed by atoms with Crippen molar-refractivity contribution in [1.29, 1.82) is 0 Å². The molecule has 20 heavy (non-hydrogen) atoms. The minimum absolute atomic E-state index is 0.256. The average Bonchev–Trinajstić information content (AvgIpc) is 2.45. The van der Waals surface area contributed by atoms with E-state index in [-0.39, 0.29) is 6.04 Å². The lowest BCUT2D eigenvalue weighted by molar-refractivity contribution is 0.163. The summed E-state index contributed by atoms with van der Waals surface area (Å²) < 4.78 is 1.03. The highest BCUT2D eigenvalue weighted by Crippen LogP contribution is 2.36. The standard InChI is InChI=1S/C16H23BrN2O/c1-3-4-5-15(19-8-6-18-7-9-19)14-11-13(17)10-12(2)16(14)20/h3,10-11,15,18,20H,1,4-9H2,2H3/t15-/m1/s1. The van der Waals surface area contributed by atoms with Crippen molar-refractivity contribution < 1.29 is 5.11 Å². The molecule has 1 heterocycles. The topological polar surface area (TPSA) is 35.5 Å². The number of piperazine rings is 1. The summed E-state index contributed by atoms with van der Waals surface area (Å²) >= 11 is 3.55. The highest BCUT2D eigenvalue weighted by molar-refractivity contribution is 9.10. The largest absolute Gasteiger partial charge is 0.507 e. The second kappa shape index (κ2) is 7.25. The van der Waals surface area contributed by atoms with Crippen LogP contribution in [0, 0.1) is 6.92 Å². The third kappa shape index (κ3) is 3.62. The van der Waals surface area contributed by atoms with Crippen molar-refractivity contribution in [2.75, 3.05) is 26.2 Å². The molecule has 2 rings (SSSR count). The predicted molar refractivity (Wildman–Crippen MR) is 87.2 cm³/mol. The van der Waals surface area contributed by atoms with Crippen LogP contribution in [-0.2, 0) is 0 Å². The third-order valence-electron chi connectivity index (χ3n) is 3.89. The lowest BCUT2D eigenvalue weighted by Crippen LogP contribution is -2.45. The van der Waals surface area contributed by atoms with E-state index >= 15 is 0 Å². The van der Waals surface area contributed by atoms with Crippen LogP contribution in [-0.4, -0.2) is 36.2 Å². The van der Waals surface area contributed by atoms with Crippen LogP contribution < -0.4 is 5.32 Å². The zero-order chi connectivity index (χ0) is 14.5. The number of benzene rings is 1. The van der Waals surface area contributed by atoms with Crippen molar-refractivity contribution in [1.82, 2.24) is 10.2 Å². The highest BCUT2D eigenvalue weighted by atomic mass is 79.9. The van der Waals surface area contributed by atoms with E-state index in [4.69, 9.17) is 0 Å². The van der Waals surface area contributed by atoms with Crippen molar-refractivity contribution in [2.45, 2.75) is 25.8 Å². The van der Waals surface area contributed by atoms with Gasteiger partial charge in [0, 0.05) is 42.3 Å². The summed E-state index contributed by atoms with van der Waals surface area (Å²) in [5, 5.41) is 13.8. The Morgan fingerprint density at radius 2 is 2.15 bits per heavy atom. The Kier molecular flexibility index (Phi) is 5.64. The van der Waals surface area contributed by atoms with Gasteiger partial charge < -0.3 is 10.4 Å². The molecule has 1 aromatic carbocycles. The second-order valence-corrected chi connectivity index (χ2v) is 6.24. The first-order valence-electron chi connectivity index (χ1n) is 7.18. The summed E-state index contributed by atoms with van der Waals surface area (Å²) in [5.41, 5.74) is 1.95. The smallest absolute Gasteiger partial charge is 0.123 e. The zero-order valence-electron chi connectivity index (χ0n) is 12.0. The molecule has 1 saturated heterocycles. The van der Waals surface area contributed by atoms with E-state index in [0.717, 1.165) is 54.6 Å². The van der Waals surface area contributed by atoms with Gasteiger partial charge >= 0.3 is 0 Å². The zero-order valence-corrected chi connectivity index (χ0v) is 13.6. The highest BCUT2D eigenvalue weighted by Gasteiger charge is 2.24. The molecule has 1 aliphatic heterocycles. The summed E-state index contributed by atoms with van der Waals surface area (Å²) in [6.45, 7) is 9.84. The summed E-state index contributed by atoms with van der Waals surface area (Å²) in [5.74, 6) is 0.431. The van der Waals surface area contributed by atoms with Crippen LogP contribution >= 0.6 is 15.9 Å². The third-order valence-corrected chi connectivity index (χ3v) is 4.35. The van der Waals surface area contributed by atoms with Crippen molar-refractivity contribution in [3.8, 4) is 5.75 Å². The lowest BCUT2D eigenvalue weighted by Gasteiger charge is -2.35. The van der Waals surface area contributed by atoms with Crippen molar-refractivity contribution >= 4 is 15.9 Å². The molecule has 0 radical (unpaired) electrons. The Bertz CT molecular complexity index is 470. The summed E-state index contributed by atoms with van der Waals surface area (Å²) in [7, 11) is 0. The number of phenols is 1. The van der Waals surface area contributed by atoms with Gasteiger partial charge in [0.1, 0.15) is 5.75 Å². The monoisotopic (exact) mass is 338 g/mol. The van der Waals surface area contributed by atoms with Gasteiger partial charge in [-0.05, 0) is 37.5 Å². The Morgan fingerprint density at radius 1 is 1.45 bits per heavy atom. The van der Waals surface area contributed by atoms with Crippen LogP contribution in [0.1, 0.15) is 30.0 Å². The summed E-state index contributed by atoms with van der Waals surface area (Å²) in [4.78, 5) is 2.46. The number of nitrogens with one attached hydrogen (secondary N) is 1. The van der Waals surface area contributed by atoms with Crippen LogP contribution in [0.4, 0.5) is 0 Å². The number of phenolic OH excluding ortho intramolecular Hbond substituents is 1. The molecule has 2 N–H and O–H groups in total. The molecule has 110 valence electrons. The molecule has 1 fully saturated rings. The molecule has 1 atom stereocenters. The van der Waals surface area contributed by atoms with Gasteiger partial charge in [0.25, 0.3) is 0 Å². The van der Waals surface area contributed by atoms with Gasteiger partial charge in [-0.15, -0.1) is 6.58 Å². The maximum Gasteiger partial charge on any atom is 0.123 e.